The average Bonchev–Trinajstić information content (AvgIpc) is 2.29. The van der Waals surface area contributed by atoms with E-state index in [1.807, 2.05) is 0 Å². The van der Waals surface area contributed by atoms with Crippen LogP contribution in [-0.2, 0) is 9.84 Å². The monoisotopic (exact) mass is 360 g/mol. The number of hydrogen-bond donors (Lipinski definition) is 0. The largest absolute Gasteiger partial charge is 0.292 e. The number of sulfone groups is 1. The second kappa shape index (κ2) is 4.42. The molecule has 0 aromatic carbocycles. The molecule has 0 fully saturated rings. The minimum atomic E-state index is -3.26. The van der Waals surface area contributed by atoms with Gasteiger partial charge in [0.25, 0.3) is 0 Å². The number of carbonyl (C=O) groups is 1. The van der Waals surface area contributed by atoms with Gasteiger partial charge in [0.2, 0.25) is 0 Å². The van der Waals surface area contributed by atoms with Crippen LogP contribution in [0.5, 0.6) is 0 Å². The van der Waals surface area contributed by atoms with Crippen LogP contribution in [0.3, 0.4) is 0 Å². The van der Waals surface area contributed by atoms with Gasteiger partial charge < -0.3 is 0 Å². The molecule has 7 heteroatoms. The van der Waals surface area contributed by atoms with E-state index in [0.29, 0.717) is 9.35 Å². The lowest BCUT2D eigenvalue weighted by molar-refractivity contribution is 0.102. The minimum Gasteiger partial charge on any atom is -0.292 e. The lowest BCUT2D eigenvalue weighted by Gasteiger charge is -1.96. The Kier molecular flexibility index (Phi) is 3.90. The molecule has 0 radical (unpaired) electrons. The normalized spacial score (nSPS) is 11.6. The number of hydrogen-bond acceptors (Lipinski definition) is 4. The van der Waals surface area contributed by atoms with Crippen LogP contribution in [0.1, 0.15) is 9.67 Å². The van der Waals surface area contributed by atoms with Crippen molar-refractivity contribution in [2.24, 2.45) is 0 Å². The molecule has 0 atom stereocenters. The first kappa shape index (κ1) is 12.4. The maximum absolute atomic E-state index is 11.5. The average molecular weight is 362 g/mol. The summed E-state index contributed by atoms with van der Waals surface area (Å²) in [6, 6.07) is 0. The molecule has 0 saturated heterocycles. The van der Waals surface area contributed by atoms with Gasteiger partial charge >= 0.3 is 0 Å². The van der Waals surface area contributed by atoms with Crippen LogP contribution in [0.2, 0.25) is 0 Å². The summed E-state index contributed by atoms with van der Waals surface area (Å²) in [5.41, 5.74) is 0. The summed E-state index contributed by atoms with van der Waals surface area (Å²) in [6.07, 6.45) is 1.04. The molecular formula is C7H6Br2O3S2. The molecule has 0 aliphatic carbocycles. The summed E-state index contributed by atoms with van der Waals surface area (Å²) in [5, 5.41) is 1.74. The van der Waals surface area contributed by atoms with E-state index in [-0.39, 0.29) is 5.78 Å². The summed E-state index contributed by atoms with van der Waals surface area (Å²) in [7, 11) is -3.26. The molecule has 1 aromatic heterocycles. The number of ketones is 1. The molecule has 78 valence electrons. The van der Waals surface area contributed by atoms with Crippen LogP contribution in [0.15, 0.2) is 14.3 Å². The first-order chi connectivity index (χ1) is 6.31. The highest BCUT2D eigenvalue weighted by molar-refractivity contribution is 9.13. The Morgan fingerprint density at radius 2 is 2.07 bits per heavy atom. The first-order valence-corrected chi connectivity index (χ1v) is 7.97. The lowest BCUT2D eigenvalue weighted by atomic mass is 10.3. The topological polar surface area (TPSA) is 51.2 Å². The van der Waals surface area contributed by atoms with Gasteiger partial charge in [-0.2, -0.15) is 0 Å². The Bertz CT molecular complexity index is 461. The van der Waals surface area contributed by atoms with Crippen LogP contribution in [0.25, 0.3) is 0 Å². The van der Waals surface area contributed by atoms with Crippen LogP contribution < -0.4 is 0 Å². The molecule has 1 aromatic rings. The van der Waals surface area contributed by atoms with E-state index >= 15 is 0 Å². The zero-order valence-electron chi connectivity index (χ0n) is 7.08. The Hall–Kier alpha value is 0.280. The maximum Gasteiger partial charge on any atom is 0.188 e. The molecule has 0 aliphatic heterocycles. The Morgan fingerprint density at radius 3 is 2.43 bits per heavy atom. The summed E-state index contributed by atoms with van der Waals surface area (Å²) in [6.45, 7) is 0. The highest BCUT2D eigenvalue weighted by Crippen LogP contribution is 2.32. The van der Waals surface area contributed by atoms with Gasteiger partial charge in [-0.3, -0.25) is 4.79 Å². The number of rotatable bonds is 3. The van der Waals surface area contributed by atoms with Gasteiger partial charge in [-0.05, 0) is 31.9 Å². The smallest absolute Gasteiger partial charge is 0.188 e. The van der Waals surface area contributed by atoms with Crippen molar-refractivity contribution in [2.75, 3.05) is 12.0 Å². The predicted molar refractivity (Wildman–Crippen MR) is 63.8 cm³/mol. The molecular weight excluding hydrogens is 356 g/mol. The number of thiophene rings is 1. The second-order valence-corrected chi connectivity index (χ2v) is 7.39. The highest BCUT2D eigenvalue weighted by atomic mass is 79.9. The predicted octanol–water partition coefficient (Wildman–Crippen LogP) is 2.50. The molecule has 0 unspecified atom stereocenters. The lowest BCUT2D eigenvalue weighted by Crippen LogP contribution is -2.13. The molecule has 0 bridgehead atoms. The van der Waals surface area contributed by atoms with E-state index in [9.17, 15) is 13.2 Å². The van der Waals surface area contributed by atoms with Crippen molar-refractivity contribution < 1.29 is 13.2 Å². The van der Waals surface area contributed by atoms with E-state index in [2.05, 4.69) is 31.9 Å². The van der Waals surface area contributed by atoms with Gasteiger partial charge in [0.15, 0.2) is 15.6 Å². The number of carbonyl (C=O) groups excluding carboxylic acids is 1. The summed E-state index contributed by atoms with van der Waals surface area (Å²) < 4.78 is 23.2. The summed E-state index contributed by atoms with van der Waals surface area (Å²) in [4.78, 5) is 11.9. The van der Waals surface area contributed by atoms with Crippen molar-refractivity contribution in [2.45, 2.75) is 0 Å². The minimum absolute atomic E-state index is 0.380. The van der Waals surface area contributed by atoms with E-state index < -0.39 is 15.6 Å². The fourth-order valence-electron chi connectivity index (χ4n) is 0.814. The van der Waals surface area contributed by atoms with Crippen LogP contribution in [0, 0.1) is 0 Å². The van der Waals surface area contributed by atoms with E-state index in [1.54, 1.807) is 5.38 Å². The van der Waals surface area contributed by atoms with Crippen molar-refractivity contribution in [3.05, 3.63) is 19.2 Å². The summed E-state index contributed by atoms with van der Waals surface area (Å²) >= 11 is 7.65. The second-order valence-electron chi connectivity index (χ2n) is 2.72. The molecule has 1 rings (SSSR count). The van der Waals surface area contributed by atoms with Crippen molar-refractivity contribution in [1.82, 2.24) is 0 Å². The fourth-order valence-corrected chi connectivity index (χ4v) is 3.66. The fraction of sp³-hybridized carbons (Fsp3) is 0.286. The Labute approximate surface area is 103 Å². The van der Waals surface area contributed by atoms with Gasteiger partial charge in [-0.15, -0.1) is 11.3 Å². The van der Waals surface area contributed by atoms with E-state index in [0.717, 1.165) is 10.7 Å². The van der Waals surface area contributed by atoms with Crippen LogP contribution in [-0.4, -0.2) is 26.2 Å². The van der Waals surface area contributed by atoms with Gasteiger partial charge in [0.1, 0.15) is 5.75 Å². The van der Waals surface area contributed by atoms with E-state index in [4.69, 9.17) is 0 Å². The first-order valence-electron chi connectivity index (χ1n) is 3.44. The zero-order chi connectivity index (χ0) is 10.9. The van der Waals surface area contributed by atoms with Gasteiger partial charge in [0.05, 0.1) is 9.35 Å². The van der Waals surface area contributed by atoms with E-state index in [1.165, 1.54) is 11.3 Å². The molecule has 0 saturated carbocycles. The SMILES string of the molecule is CS(=O)(=O)CC(=O)c1scc(Br)c1Br. The highest BCUT2D eigenvalue weighted by Gasteiger charge is 2.18. The van der Waals surface area contributed by atoms with Gasteiger partial charge in [-0.1, -0.05) is 0 Å². The van der Waals surface area contributed by atoms with Gasteiger partial charge in [0, 0.05) is 16.1 Å². The molecule has 0 aliphatic rings. The number of Topliss-reactive ketones (excluding diaryl/α,β-unsaturated/α-hetero) is 1. The Morgan fingerprint density at radius 1 is 1.50 bits per heavy atom. The molecule has 0 spiro atoms. The maximum atomic E-state index is 11.5. The molecule has 0 amide bonds. The van der Waals surface area contributed by atoms with Crippen molar-refractivity contribution in [3.63, 3.8) is 0 Å². The molecule has 0 N–H and O–H groups in total. The third-order valence-corrected chi connectivity index (χ3v) is 5.69. The third kappa shape index (κ3) is 3.15. The van der Waals surface area contributed by atoms with Crippen molar-refractivity contribution in [1.29, 1.82) is 0 Å². The van der Waals surface area contributed by atoms with Gasteiger partial charge in [-0.25, -0.2) is 8.42 Å². The zero-order valence-corrected chi connectivity index (χ0v) is 11.9. The van der Waals surface area contributed by atoms with Crippen LogP contribution in [0.4, 0.5) is 0 Å². The molecule has 3 nitrogen and oxygen atoms in total. The standard InChI is InChI=1S/C7H6Br2O3S2/c1-14(11,12)3-5(10)7-6(9)4(8)2-13-7/h2H,3H2,1H3. The van der Waals surface area contributed by atoms with Crippen molar-refractivity contribution >= 4 is 58.8 Å². The Balaban J connectivity index is 2.97. The number of halogens is 2. The molecule has 14 heavy (non-hydrogen) atoms. The summed E-state index contributed by atoms with van der Waals surface area (Å²) in [5.74, 6) is -0.825. The van der Waals surface area contributed by atoms with Crippen molar-refractivity contribution in [3.8, 4) is 0 Å². The molecule has 1 heterocycles. The third-order valence-electron chi connectivity index (χ3n) is 1.34. The quantitative estimate of drug-likeness (QED) is 0.777. The van der Waals surface area contributed by atoms with Crippen LogP contribution >= 0.6 is 43.2 Å².